The molecule has 0 aromatic heterocycles. The molecule has 0 N–H and O–H groups in total. The van der Waals surface area contributed by atoms with Gasteiger partial charge < -0.3 is 4.74 Å². The molecule has 0 aromatic rings. The van der Waals surface area contributed by atoms with E-state index in [9.17, 15) is 13.2 Å². The van der Waals surface area contributed by atoms with Gasteiger partial charge in [0.15, 0.2) is 0 Å². The van der Waals surface area contributed by atoms with Crippen molar-refractivity contribution in [2.75, 3.05) is 19.4 Å². The lowest BCUT2D eigenvalue weighted by molar-refractivity contribution is -0.148. The van der Waals surface area contributed by atoms with Gasteiger partial charge in [0.1, 0.15) is 6.04 Å². The first-order chi connectivity index (χ1) is 6.88. The smallest absolute Gasteiger partial charge is 0.324 e. The number of esters is 1. The van der Waals surface area contributed by atoms with E-state index in [-0.39, 0.29) is 12.5 Å². The van der Waals surface area contributed by atoms with Crippen LogP contribution in [0.15, 0.2) is 0 Å². The Morgan fingerprint density at radius 2 is 2.13 bits per heavy atom. The molecule has 0 bridgehead atoms. The van der Waals surface area contributed by atoms with Gasteiger partial charge in [-0.25, -0.2) is 8.42 Å². The molecule has 2 atom stereocenters. The number of ether oxygens (including phenoxy) is 1. The highest BCUT2D eigenvalue weighted by Crippen LogP contribution is 2.27. The summed E-state index contributed by atoms with van der Waals surface area (Å²) in [6.07, 6.45) is 1.83. The summed E-state index contributed by atoms with van der Waals surface area (Å²) in [7, 11) is -3.32. The summed E-state index contributed by atoms with van der Waals surface area (Å²) in [4.78, 5) is 11.6. The van der Waals surface area contributed by atoms with Crippen LogP contribution in [0.3, 0.4) is 0 Å². The van der Waals surface area contributed by atoms with Crippen LogP contribution in [0.2, 0.25) is 0 Å². The Bertz CT molecular complexity index is 338. The molecule has 1 aliphatic rings. The number of sulfonamides is 1. The van der Waals surface area contributed by atoms with Crippen LogP contribution in [0.4, 0.5) is 0 Å². The molecule has 0 aromatic carbocycles. The van der Waals surface area contributed by atoms with E-state index in [1.54, 1.807) is 6.92 Å². The van der Waals surface area contributed by atoms with Crippen molar-refractivity contribution in [2.24, 2.45) is 5.92 Å². The quantitative estimate of drug-likeness (QED) is 0.656. The van der Waals surface area contributed by atoms with Crippen molar-refractivity contribution in [1.82, 2.24) is 4.31 Å². The molecule has 0 amide bonds. The van der Waals surface area contributed by atoms with Gasteiger partial charge >= 0.3 is 5.97 Å². The van der Waals surface area contributed by atoms with E-state index in [1.807, 2.05) is 6.92 Å². The molecular weight excluding hydrogens is 218 g/mol. The van der Waals surface area contributed by atoms with Crippen LogP contribution < -0.4 is 0 Å². The Morgan fingerprint density at radius 3 is 2.60 bits per heavy atom. The average molecular weight is 235 g/mol. The first kappa shape index (κ1) is 12.4. The number of nitrogens with zero attached hydrogens (tertiary/aromatic N) is 1. The third kappa shape index (κ3) is 2.69. The molecule has 1 heterocycles. The highest BCUT2D eigenvalue weighted by atomic mass is 32.2. The maximum absolute atomic E-state index is 11.6. The minimum absolute atomic E-state index is 0.0266. The zero-order valence-electron chi connectivity index (χ0n) is 9.26. The second-order valence-electron chi connectivity index (χ2n) is 3.84. The van der Waals surface area contributed by atoms with Crippen molar-refractivity contribution in [2.45, 2.75) is 26.3 Å². The highest BCUT2D eigenvalue weighted by Gasteiger charge is 2.42. The third-order valence-electron chi connectivity index (χ3n) is 2.61. The topological polar surface area (TPSA) is 63.7 Å². The molecule has 0 radical (unpaired) electrons. The fourth-order valence-corrected chi connectivity index (χ4v) is 3.00. The SMILES string of the molecule is CCOC(=O)C1C(C)CCN1S(C)(=O)=O. The van der Waals surface area contributed by atoms with Crippen LogP contribution in [0, 0.1) is 5.92 Å². The molecule has 1 saturated heterocycles. The number of hydrogen-bond acceptors (Lipinski definition) is 4. The van der Waals surface area contributed by atoms with Crippen molar-refractivity contribution in [3.05, 3.63) is 0 Å². The van der Waals surface area contributed by atoms with Gasteiger partial charge in [0, 0.05) is 6.54 Å². The largest absolute Gasteiger partial charge is 0.465 e. The van der Waals surface area contributed by atoms with Gasteiger partial charge in [0.05, 0.1) is 12.9 Å². The molecule has 6 heteroatoms. The molecule has 0 spiro atoms. The fourth-order valence-electron chi connectivity index (χ4n) is 1.86. The Kier molecular flexibility index (Phi) is 3.72. The summed E-state index contributed by atoms with van der Waals surface area (Å²) in [5.74, 6) is -0.410. The lowest BCUT2D eigenvalue weighted by atomic mass is 10.0. The number of rotatable bonds is 3. The maximum Gasteiger partial charge on any atom is 0.324 e. The Balaban J connectivity index is 2.87. The maximum atomic E-state index is 11.6. The zero-order valence-corrected chi connectivity index (χ0v) is 10.1. The van der Waals surface area contributed by atoms with Crippen LogP contribution in [-0.4, -0.2) is 44.1 Å². The van der Waals surface area contributed by atoms with Crippen molar-refractivity contribution in [1.29, 1.82) is 0 Å². The van der Waals surface area contributed by atoms with Gasteiger partial charge in [-0.05, 0) is 19.3 Å². The van der Waals surface area contributed by atoms with Gasteiger partial charge in [-0.3, -0.25) is 4.79 Å². The third-order valence-corrected chi connectivity index (χ3v) is 3.87. The second-order valence-corrected chi connectivity index (χ2v) is 5.77. The summed E-state index contributed by atoms with van der Waals surface area (Å²) >= 11 is 0. The Labute approximate surface area is 90.4 Å². The predicted octanol–water partition coefficient (Wildman–Crippen LogP) is 0.220. The fraction of sp³-hybridized carbons (Fsp3) is 0.889. The molecule has 5 nitrogen and oxygen atoms in total. The van der Waals surface area contributed by atoms with Crippen LogP contribution in [0.25, 0.3) is 0 Å². The molecule has 15 heavy (non-hydrogen) atoms. The standard InChI is InChI=1S/C9H17NO4S/c1-4-14-9(11)8-7(2)5-6-10(8)15(3,12)13/h7-8H,4-6H2,1-3H3. The van der Waals surface area contributed by atoms with Gasteiger partial charge in [0.25, 0.3) is 0 Å². The summed E-state index contributed by atoms with van der Waals surface area (Å²) in [5, 5.41) is 0. The van der Waals surface area contributed by atoms with Crippen molar-refractivity contribution in [3.8, 4) is 0 Å². The molecular formula is C9H17NO4S. The molecule has 88 valence electrons. The van der Waals surface area contributed by atoms with Crippen LogP contribution >= 0.6 is 0 Å². The predicted molar refractivity (Wildman–Crippen MR) is 55.8 cm³/mol. The molecule has 1 fully saturated rings. The molecule has 0 aliphatic carbocycles. The van der Waals surface area contributed by atoms with E-state index in [1.165, 1.54) is 4.31 Å². The Hall–Kier alpha value is -0.620. The monoisotopic (exact) mass is 235 g/mol. The van der Waals surface area contributed by atoms with Crippen LogP contribution in [0.5, 0.6) is 0 Å². The van der Waals surface area contributed by atoms with Crippen molar-refractivity contribution >= 4 is 16.0 Å². The first-order valence-electron chi connectivity index (χ1n) is 5.01. The first-order valence-corrected chi connectivity index (χ1v) is 6.86. The van der Waals surface area contributed by atoms with E-state index in [2.05, 4.69) is 0 Å². The average Bonchev–Trinajstić information content (AvgIpc) is 2.46. The van der Waals surface area contributed by atoms with E-state index >= 15 is 0 Å². The lowest BCUT2D eigenvalue weighted by Gasteiger charge is -2.22. The highest BCUT2D eigenvalue weighted by molar-refractivity contribution is 7.88. The van der Waals surface area contributed by atoms with Crippen LogP contribution in [-0.2, 0) is 19.6 Å². The lowest BCUT2D eigenvalue weighted by Crippen LogP contribution is -2.43. The van der Waals surface area contributed by atoms with Gasteiger partial charge in [-0.15, -0.1) is 0 Å². The van der Waals surface area contributed by atoms with Gasteiger partial charge in [-0.2, -0.15) is 4.31 Å². The van der Waals surface area contributed by atoms with Crippen LogP contribution in [0.1, 0.15) is 20.3 Å². The number of hydrogen-bond donors (Lipinski definition) is 0. The zero-order chi connectivity index (χ0) is 11.6. The summed E-state index contributed by atoms with van der Waals surface area (Å²) in [5.41, 5.74) is 0. The minimum Gasteiger partial charge on any atom is -0.465 e. The van der Waals surface area contributed by atoms with Gasteiger partial charge in [-0.1, -0.05) is 6.92 Å². The molecule has 2 unspecified atom stereocenters. The van der Waals surface area contributed by atoms with Crippen molar-refractivity contribution in [3.63, 3.8) is 0 Å². The minimum atomic E-state index is -3.32. The van der Waals surface area contributed by atoms with E-state index in [0.717, 1.165) is 6.26 Å². The normalized spacial score (nSPS) is 27.9. The number of carbonyl (C=O) groups excluding carboxylic acids is 1. The summed E-state index contributed by atoms with van der Waals surface area (Å²) in [6.45, 7) is 4.26. The summed E-state index contributed by atoms with van der Waals surface area (Å²) < 4.78 is 28.9. The molecule has 1 rings (SSSR count). The molecule has 0 saturated carbocycles. The Morgan fingerprint density at radius 1 is 1.53 bits per heavy atom. The number of carbonyl (C=O) groups is 1. The molecule has 1 aliphatic heterocycles. The second kappa shape index (κ2) is 4.49. The van der Waals surface area contributed by atoms with Gasteiger partial charge in [0.2, 0.25) is 10.0 Å². The van der Waals surface area contributed by atoms with E-state index < -0.39 is 22.0 Å². The van der Waals surface area contributed by atoms with E-state index in [0.29, 0.717) is 13.0 Å². The summed E-state index contributed by atoms with van der Waals surface area (Å²) in [6, 6.07) is -0.639. The van der Waals surface area contributed by atoms with E-state index in [4.69, 9.17) is 4.74 Å². The van der Waals surface area contributed by atoms with Crippen molar-refractivity contribution < 1.29 is 17.9 Å².